The third kappa shape index (κ3) is 2.28. The lowest BCUT2D eigenvalue weighted by Crippen LogP contribution is -2.10. The number of nitrogens with two attached hydrogens (primary N) is 1. The molecule has 0 aliphatic heterocycles. The predicted octanol–water partition coefficient (Wildman–Crippen LogP) is 2.55. The summed E-state index contributed by atoms with van der Waals surface area (Å²) in [7, 11) is 1.59. The minimum atomic E-state index is -0.0841. The first-order valence-corrected chi connectivity index (χ1v) is 5.63. The number of ether oxygens (including phenoxy) is 1. The molecule has 0 saturated carbocycles. The molecule has 90 valence electrons. The van der Waals surface area contributed by atoms with Crippen LogP contribution in [0, 0.1) is 0 Å². The highest BCUT2D eigenvalue weighted by atomic mass is 35.5. The number of benzene rings is 1. The van der Waals surface area contributed by atoms with Crippen LogP contribution in [0.5, 0.6) is 5.75 Å². The fraction of sp³-hybridized carbons (Fsp3) is 0.250. The van der Waals surface area contributed by atoms with E-state index in [4.69, 9.17) is 22.1 Å². The standard InChI is InChI=1S/C12H14ClN3O/c1-8(14)11-6-15-7-16(11)9-3-4-10(13)12(5-9)17-2/h3-8H,14H2,1-2H3/t8-/m0/s1. The SMILES string of the molecule is COc1cc(-n2cncc2[C@H](C)N)ccc1Cl. The number of imidazole rings is 1. The fourth-order valence-electron chi connectivity index (χ4n) is 1.66. The molecule has 0 unspecified atom stereocenters. The quantitative estimate of drug-likeness (QED) is 0.912. The van der Waals surface area contributed by atoms with Gasteiger partial charge in [-0.1, -0.05) is 11.6 Å². The summed E-state index contributed by atoms with van der Waals surface area (Å²) in [5, 5.41) is 0.582. The molecule has 2 rings (SSSR count). The molecule has 2 aromatic rings. The van der Waals surface area contributed by atoms with Gasteiger partial charge < -0.3 is 15.0 Å². The maximum atomic E-state index is 5.99. The Morgan fingerprint density at radius 3 is 2.88 bits per heavy atom. The number of aromatic nitrogens is 2. The second-order valence-electron chi connectivity index (χ2n) is 3.80. The molecular weight excluding hydrogens is 238 g/mol. The van der Waals surface area contributed by atoms with Crippen molar-refractivity contribution in [1.29, 1.82) is 0 Å². The van der Waals surface area contributed by atoms with Crippen LogP contribution in [0.25, 0.3) is 5.69 Å². The number of methoxy groups -OCH3 is 1. The van der Waals surface area contributed by atoms with E-state index < -0.39 is 0 Å². The molecule has 1 aromatic carbocycles. The molecule has 0 spiro atoms. The Hall–Kier alpha value is -1.52. The van der Waals surface area contributed by atoms with Gasteiger partial charge in [-0.05, 0) is 19.1 Å². The number of hydrogen-bond donors (Lipinski definition) is 1. The largest absolute Gasteiger partial charge is 0.495 e. The van der Waals surface area contributed by atoms with Gasteiger partial charge in [-0.25, -0.2) is 4.98 Å². The third-order valence-corrected chi connectivity index (χ3v) is 2.86. The van der Waals surface area contributed by atoms with E-state index in [1.807, 2.05) is 23.6 Å². The van der Waals surface area contributed by atoms with Crippen molar-refractivity contribution in [3.05, 3.63) is 41.4 Å². The van der Waals surface area contributed by atoms with Crippen molar-refractivity contribution in [1.82, 2.24) is 9.55 Å². The molecule has 0 aliphatic carbocycles. The van der Waals surface area contributed by atoms with Crippen molar-refractivity contribution in [2.75, 3.05) is 7.11 Å². The zero-order valence-electron chi connectivity index (χ0n) is 9.72. The minimum Gasteiger partial charge on any atom is -0.495 e. The molecule has 1 heterocycles. The third-order valence-electron chi connectivity index (χ3n) is 2.55. The highest BCUT2D eigenvalue weighted by molar-refractivity contribution is 6.32. The van der Waals surface area contributed by atoms with Crippen LogP contribution in [0.15, 0.2) is 30.7 Å². The molecule has 0 radical (unpaired) electrons. The van der Waals surface area contributed by atoms with E-state index in [9.17, 15) is 0 Å². The summed E-state index contributed by atoms with van der Waals surface area (Å²) in [5.41, 5.74) is 7.74. The van der Waals surface area contributed by atoms with E-state index >= 15 is 0 Å². The van der Waals surface area contributed by atoms with Crippen molar-refractivity contribution in [2.45, 2.75) is 13.0 Å². The number of rotatable bonds is 3. The first kappa shape index (κ1) is 12.0. The first-order chi connectivity index (χ1) is 8.13. The molecule has 0 saturated heterocycles. The second-order valence-corrected chi connectivity index (χ2v) is 4.20. The van der Waals surface area contributed by atoms with E-state index in [1.165, 1.54) is 0 Å². The van der Waals surface area contributed by atoms with Gasteiger partial charge in [0, 0.05) is 12.1 Å². The van der Waals surface area contributed by atoms with Crippen LogP contribution < -0.4 is 10.5 Å². The van der Waals surface area contributed by atoms with Crippen molar-refractivity contribution in [3.63, 3.8) is 0 Å². The average Bonchev–Trinajstić information content (AvgIpc) is 2.78. The lowest BCUT2D eigenvalue weighted by Gasteiger charge is -2.12. The summed E-state index contributed by atoms with van der Waals surface area (Å²) < 4.78 is 7.11. The zero-order chi connectivity index (χ0) is 12.4. The van der Waals surface area contributed by atoms with Crippen LogP contribution in [0.3, 0.4) is 0 Å². The van der Waals surface area contributed by atoms with Crippen LogP contribution in [0.1, 0.15) is 18.7 Å². The summed E-state index contributed by atoms with van der Waals surface area (Å²) >= 11 is 5.99. The monoisotopic (exact) mass is 251 g/mol. The van der Waals surface area contributed by atoms with Crippen LogP contribution in [-0.4, -0.2) is 16.7 Å². The fourth-order valence-corrected chi connectivity index (χ4v) is 1.85. The smallest absolute Gasteiger partial charge is 0.139 e. The van der Waals surface area contributed by atoms with Crippen molar-refractivity contribution < 1.29 is 4.74 Å². The molecule has 0 fully saturated rings. The maximum absolute atomic E-state index is 5.99. The van der Waals surface area contributed by atoms with Crippen LogP contribution in [-0.2, 0) is 0 Å². The Morgan fingerprint density at radius 2 is 2.24 bits per heavy atom. The van der Waals surface area contributed by atoms with Crippen LogP contribution in [0.4, 0.5) is 0 Å². The van der Waals surface area contributed by atoms with Crippen LogP contribution >= 0.6 is 11.6 Å². The summed E-state index contributed by atoms with van der Waals surface area (Å²) in [6.45, 7) is 1.92. The molecule has 0 bridgehead atoms. The summed E-state index contributed by atoms with van der Waals surface area (Å²) in [6.07, 6.45) is 3.48. The van der Waals surface area contributed by atoms with E-state index in [2.05, 4.69) is 4.98 Å². The molecule has 2 N–H and O–H groups in total. The van der Waals surface area contributed by atoms with Gasteiger partial charge in [-0.2, -0.15) is 0 Å². The van der Waals surface area contributed by atoms with E-state index in [-0.39, 0.29) is 6.04 Å². The van der Waals surface area contributed by atoms with Gasteiger partial charge in [-0.15, -0.1) is 0 Å². The number of hydrogen-bond acceptors (Lipinski definition) is 3. The van der Waals surface area contributed by atoms with Gasteiger partial charge in [-0.3, -0.25) is 0 Å². The molecule has 1 aromatic heterocycles. The normalized spacial score (nSPS) is 12.5. The molecule has 0 aliphatic rings. The van der Waals surface area contributed by atoms with Crippen LogP contribution in [0.2, 0.25) is 5.02 Å². The molecule has 1 atom stereocenters. The Bertz CT molecular complexity index is 522. The number of nitrogens with zero attached hydrogens (tertiary/aromatic N) is 2. The Balaban J connectivity index is 2.49. The summed E-state index contributed by atoms with van der Waals surface area (Å²) in [6, 6.07) is 5.47. The maximum Gasteiger partial charge on any atom is 0.139 e. The molecule has 5 heteroatoms. The Labute approximate surface area is 105 Å². The van der Waals surface area contributed by atoms with Gasteiger partial charge in [0.2, 0.25) is 0 Å². The highest BCUT2D eigenvalue weighted by Gasteiger charge is 2.10. The van der Waals surface area contributed by atoms with Gasteiger partial charge in [0.15, 0.2) is 0 Å². The lowest BCUT2D eigenvalue weighted by molar-refractivity contribution is 0.415. The Morgan fingerprint density at radius 1 is 1.47 bits per heavy atom. The van der Waals surface area contributed by atoms with Gasteiger partial charge >= 0.3 is 0 Å². The van der Waals surface area contributed by atoms with Crippen molar-refractivity contribution >= 4 is 11.6 Å². The molecule has 17 heavy (non-hydrogen) atoms. The van der Waals surface area contributed by atoms with E-state index in [0.29, 0.717) is 10.8 Å². The summed E-state index contributed by atoms with van der Waals surface area (Å²) in [4.78, 5) is 4.11. The first-order valence-electron chi connectivity index (χ1n) is 5.25. The Kier molecular flexibility index (Phi) is 3.36. The second kappa shape index (κ2) is 4.77. The van der Waals surface area contributed by atoms with Gasteiger partial charge in [0.05, 0.1) is 36.0 Å². The predicted molar refractivity (Wildman–Crippen MR) is 67.7 cm³/mol. The van der Waals surface area contributed by atoms with Gasteiger partial charge in [0.1, 0.15) is 5.75 Å². The topological polar surface area (TPSA) is 53.1 Å². The molecule has 0 amide bonds. The zero-order valence-corrected chi connectivity index (χ0v) is 10.5. The number of halogens is 1. The lowest BCUT2D eigenvalue weighted by atomic mass is 10.2. The average molecular weight is 252 g/mol. The summed E-state index contributed by atoms with van der Waals surface area (Å²) in [5.74, 6) is 0.633. The molecule has 4 nitrogen and oxygen atoms in total. The van der Waals surface area contributed by atoms with Gasteiger partial charge in [0.25, 0.3) is 0 Å². The van der Waals surface area contributed by atoms with E-state index in [1.54, 1.807) is 25.7 Å². The minimum absolute atomic E-state index is 0.0841. The van der Waals surface area contributed by atoms with Crippen molar-refractivity contribution in [3.8, 4) is 11.4 Å². The highest BCUT2D eigenvalue weighted by Crippen LogP contribution is 2.27. The molecular formula is C12H14ClN3O. The van der Waals surface area contributed by atoms with Crippen molar-refractivity contribution in [2.24, 2.45) is 5.73 Å². The van der Waals surface area contributed by atoms with E-state index in [0.717, 1.165) is 11.4 Å².